The summed E-state index contributed by atoms with van der Waals surface area (Å²) in [5.74, 6) is 0.216. The SMILES string of the molecule is CC(C)NCCCC(=O)NCCC(=O)N1CCCCC1. The third-order valence-electron chi connectivity index (χ3n) is 3.50. The highest BCUT2D eigenvalue weighted by molar-refractivity contribution is 5.79. The minimum absolute atomic E-state index is 0.0435. The molecule has 0 spiro atoms. The fourth-order valence-corrected chi connectivity index (χ4v) is 2.34. The molecule has 116 valence electrons. The normalized spacial score (nSPS) is 15.4. The van der Waals surface area contributed by atoms with Crippen molar-refractivity contribution in [2.24, 2.45) is 0 Å². The van der Waals surface area contributed by atoms with Gasteiger partial charge in [0.15, 0.2) is 0 Å². The van der Waals surface area contributed by atoms with E-state index in [2.05, 4.69) is 24.5 Å². The largest absolute Gasteiger partial charge is 0.356 e. The second-order valence-electron chi connectivity index (χ2n) is 5.75. The lowest BCUT2D eigenvalue weighted by Gasteiger charge is -2.26. The molecule has 0 radical (unpaired) electrons. The van der Waals surface area contributed by atoms with Gasteiger partial charge in [-0.25, -0.2) is 0 Å². The number of nitrogens with zero attached hydrogens (tertiary/aromatic N) is 1. The van der Waals surface area contributed by atoms with Crippen LogP contribution >= 0.6 is 0 Å². The predicted octanol–water partition coefficient (Wildman–Crippen LogP) is 1.28. The third kappa shape index (κ3) is 7.48. The van der Waals surface area contributed by atoms with Gasteiger partial charge in [-0.05, 0) is 32.2 Å². The fourth-order valence-electron chi connectivity index (χ4n) is 2.34. The topological polar surface area (TPSA) is 61.4 Å². The Balaban J connectivity index is 2.01. The van der Waals surface area contributed by atoms with E-state index in [1.54, 1.807) is 0 Å². The average molecular weight is 283 g/mol. The van der Waals surface area contributed by atoms with Crippen molar-refractivity contribution in [3.8, 4) is 0 Å². The molecule has 0 aromatic heterocycles. The highest BCUT2D eigenvalue weighted by Crippen LogP contribution is 2.09. The van der Waals surface area contributed by atoms with E-state index in [9.17, 15) is 9.59 Å². The van der Waals surface area contributed by atoms with Gasteiger partial charge < -0.3 is 15.5 Å². The summed E-state index contributed by atoms with van der Waals surface area (Å²) in [6.45, 7) is 7.27. The van der Waals surface area contributed by atoms with Gasteiger partial charge in [0, 0.05) is 38.5 Å². The molecule has 0 atom stereocenters. The van der Waals surface area contributed by atoms with E-state index in [-0.39, 0.29) is 11.8 Å². The van der Waals surface area contributed by atoms with Gasteiger partial charge in [-0.1, -0.05) is 13.8 Å². The second-order valence-corrected chi connectivity index (χ2v) is 5.75. The van der Waals surface area contributed by atoms with Crippen LogP contribution in [0.25, 0.3) is 0 Å². The monoisotopic (exact) mass is 283 g/mol. The molecule has 0 saturated carbocycles. The summed E-state index contributed by atoms with van der Waals surface area (Å²) in [6.07, 6.45) is 5.24. The Kier molecular flexibility index (Phi) is 8.26. The van der Waals surface area contributed by atoms with E-state index in [0.717, 1.165) is 38.9 Å². The zero-order valence-electron chi connectivity index (χ0n) is 12.9. The Labute approximate surface area is 122 Å². The Morgan fingerprint density at radius 1 is 1.05 bits per heavy atom. The third-order valence-corrected chi connectivity index (χ3v) is 3.50. The molecule has 0 aromatic rings. The van der Waals surface area contributed by atoms with Crippen LogP contribution in [0.1, 0.15) is 52.4 Å². The highest BCUT2D eigenvalue weighted by Gasteiger charge is 2.15. The first-order valence-electron chi connectivity index (χ1n) is 7.87. The molecule has 1 rings (SSSR count). The standard InChI is InChI=1S/C15H29N3O2/c1-13(2)16-9-6-7-14(19)17-10-8-15(20)18-11-4-3-5-12-18/h13,16H,3-12H2,1-2H3,(H,17,19). The first kappa shape index (κ1) is 17.0. The van der Waals surface area contributed by atoms with Crippen molar-refractivity contribution < 1.29 is 9.59 Å². The van der Waals surface area contributed by atoms with Crippen LogP contribution in [0, 0.1) is 0 Å². The van der Waals surface area contributed by atoms with Gasteiger partial charge in [-0.2, -0.15) is 0 Å². The van der Waals surface area contributed by atoms with Gasteiger partial charge >= 0.3 is 0 Å². The summed E-state index contributed by atoms with van der Waals surface area (Å²) in [5, 5.41) is 6.10. The molecule has 1 saturated heterocycles. The summed E-state index contributed by atoms with van der Waals surface area (Å²) >= 11 is 0. The first-order valence-corrected chi connectivity index (χ1v) is 7.87. The molecule has 20 heavy (non-hydrogen) atoms. The van der Waals surface area contributed by atoms with Crippen molar-refractivity contribution in [1.82, 2.24) is 15.5 Å². The Morgan fingerprint density at radius 3 is 2.40 bits per heavy atom. The van der Waals surface area contributed by atoms with Crippen LogP contribution in [0.2, 0.25) is 0 Å². The highest BCUT2D eigenvalue weighted by atomic mass is 16.2. The van der Waals surface area contributed by atoms with Crippen molar-refractivity contribution in [2.45, 2.75) is 58.4 Å². The van der Waals surface area contributed by atoms with Crippen LogP contribution < -0.4 is 10.6 Å². The zero-order valence-corrected chi connectivity index (χ0v) is 12.9. The van der Waals surface area contributed by atoms with Crippen LogP contribution in [-0.2, 0) is 9.59 Å². The Hall–Kier alpha value is -1.10. The molecule has 5 heteroatoms. The van der Waals surface area contributed by atoms with Crippen molar-refractivity contribution in [2.75, 3.05) is 26.2 Å². The molecule has 0 aromatic carbocycles. The molecule has 1 aliphatic rings. The number of hydrogen-bond acceptors (Lipinski definition) is 3. The molecule has 5 nitrogen and oxygen atoms in total. The molecule has 2 N–H and O–H groups in total. The molecule has 0 aliphatic carbocycles. The lowest BCUT2D eigenvalue weighted by molar-refractivity contribution is -0.132. The van der Waals surface area contributed by atoms with Crippen LogP contribution in [-0.4, -0.2) is 48.9 Å². The maximum atomic E-state index is 11.9. The fraction of sp³-hybridized carbons (Fsp3) is 0.867. The Bertz CT molecular complexity index is 299. The van der Waals surface area contributed by atoms with E-state index in [1.165, 1.54) is 6.42 Å². The minimum Gasteiger partial charge on any atom is -0.356 e. The number of carbonyl (C=O) groups excluding carboxylic acids is 2. The number of piperidine rings is 1. The van der Waals surface area contributed by atoms with Crippen molar-refractivity contribution in [3.63, 3.8) is 0 Å². The van der Waals surface area contributed by atoms with Gasteiger partial charge in [0.25, 0.3) is 0 Å². The molecule has 1 aliphatic heterocycles. The van der Waals surface area contributed by atoms with Gasteiger partial charge in [-0.15, -0.1) is 0 Å². The molecule has 1 heterocycles. The van der Waals surface area contributed by atoms with Crippen LogP contribution in [0.15, 0.2) is 0 Å². The lowest BCUT2D eigenvalue weighted by Crippen LogP contribution is -2.37. The lowest BCUT2D eigenvalue weighted by atomic mass is 10.1. The van der Waals surface area contributed by atoms with Gasteiger partial charge in [0.05, 0.1) is 0 Å². The summed E-state index contributed by atoms with van der Waals surface area (Å²) in [7, 11) is 0. The molecule has 0 unspecified atom stereocenters. The molecule has 2 amide bonds. The average Bonchev–Trinajstić information content (AvgIpc) is 2.44. The number of hydrogen-bond donors (Lipinski definition) is 2. The number of rotatable bonds is 8. The number of likely N-dealkylation sites (tertiary alicyclic amines) is 1. The van der Waals surface area contributed by atoms with Crippen molar-refractivity contribution in [1.29, 1.82) is 0 Å². The minimum atomic E-state index is 0.0435. The van der Waals surface area contributed by atoms with E-state index < -0.39 is 0 Å². The van der Waals surface area contributed by atoms with Crippen molar-refractivity contribution >= 4 is 11.8 Å². The van der Waals surface area contributed by atoms with Gasteiger partial charge in [0.1, 0.15) is 0 Å². The number of carbonyl (C=O) groups is 2. The van der Waals surface area contributed by atoms with Gasteiger partial charge in [-0.3, -0.25) is 9.59 Å². The van der Waals surface area contributed by atoms with Crippen LogP contribution in [0.5, 0.6) is 0 Å². The quantitative estimate of drug-likeness (QED) is 0.660. The van der Waals surface area contributed by atoms with E-state index >= 15 is 0 Å². The number of nitrogens with one attached hydrogen (secondary N) is 2. The molecule has 1 fully saturated rings. The van der Waals surface area contributed by atoms with Crippen molar-refractivity contribution in [3.05, 3.63) is 0 Å². The summed E-state index contributed by atoms with van der Waals surface area (Å²) in [4.78, 5) is 25.4. The van der Waals surface area contributed by atoms with Crippen LogP contribution in [0.3, 0.4) is 0 Å². The van der Waals surface area contributed by atoms with Crippen LogP contribution in [0.4, 0.5) is 0 Å². The zero-order chi connectivity index (χ0) is 14.8. The maximum Gasteiger partial charge on any atom is 0.224 e. The second kappa shape index (κ2) is 9.75. The predicted molar refractivity (Wildman–Crippen MR) is 80.4 cm³/mol. The van der Waals surface area contributed by atoms with E-state index in [4.69, 9.17) is 0 Å². The number of amides is 2. The van der Waals surface area contributed by atoms with E-state index in [0.29, 0.717) is 25.4 Å². The van der Waals surface area contributed by atoms with Gasteiger partial charge in [0.2, 0.25) is 11.8 Å². The Morgan fingerprint density at radius 2 is 1.75 bits per heavy atom. The first-order chi connectivity index (χ1) is 9.59. The smallest absolute Gasteiger partial charge is 0.224 e. The molecular weight excluding hydrogens is 254 g/mol. The summed E-state index contributed by atoms with van der Waals surface area (Å²) in [6, 6.07) is 0.459. The summed E-state index contributed by atoms with van der Waals surface area (Å²) in [5.41, 5.74) is 0. The molecule has 0 bridgehead atoms. The maximum absolute atomic E-state index is 11.9. The molecular formula is C15H29N3O2. The summed E-state index contributed by atoms with van der Waals surface area (Å²) < 4.78 is 0. The van der Waals surface area contributed by atoms with E-state index in [1.807, 2.05) is 4.90 Å².